The molecular weight excluding hydrogens is 202 g/mol. The average molecular weight is 223 g/mol. The Morgan fingerprint density at radius 1 is 1.50 bits per heavy atom. The summed E-state index contributed by atoms with van der Waals surface area (Å²) in [6.07, 6.45) is 7.15. The van der Waals surface area contributed by atoms with Gasteiger partial charge in [0.25, 0.3) is 0 Å². The monoisotopic (exact) mass is 223 g/mol. The van der Waals surface area contributed by atoms with Gasteiger partial charge in [-0.05, 0) is 37.5 Å². The van der Waals surface area contributed by atoms with E-state index < -0.39 is 0 Å². The Balaban J connectivity index is 1.96. The largest absolute Gasteiger partial charge is 0.393 e. The summed E-state index contributed by atoms with van der Waals surface area (Å²) in [5.74, 6) is 1.15. The molecule has 2 rings (SSSR count). The summed E-state index contributed by atoms with van der Waals surface area (Å²) in [6.45, 7) is 2.24. The Hall–Kier alpha value is -0.900. The quantitative estimate of drug-likeness (QED) is 0.845. The second-order valence-electron chi connectivity index (χ2n) is 5.00. The van der Waals surface area contributed by atoms with Crippen LogP contribution in [0.15, 0.2) is 6.20 Å². The van der Waals surface area contributed by atoms with E-state index in [-0.39, 0.29) is 6.10 Å². The van der Waals surface area contributed by atoms with Gasteiger partial charge in [-0.1, -0.05) is 18.6 Å². The summed E-state index contributed by atoms with van der Waals surface area (Å²) in [6, 6.07) is 0. The van der Waals surface area contributed by atoms with Crippen LogP contribution in [0.4, 0.5) is 0 Å². The van der Waals surface area contributed by atoms with Crippen molar-refractivity contribution in [2.45, 2.75) is 45.1 Å². The van der Waals surface area contributed by atoms with E-state index in [1.54, 1.807) is 4.68 Å². The van der Waals surface area contributed by atoms with Gasteiger partial charge in [0.15, 0.2) is 0 Å². The summed E-state index contributed by atoms with van der Waals surface area (Å²) in [5.41, 5.74) is 1.00. The molecule has 0 bridgehead atoms. The van der Waals surface area contributed by atoms with Gasteiger partial charge in [0, 0.05) is 13.2 Å². The van der Waals surface area contributed by atoms with Crippen LogP contribution in [0.1, 0.15) is 38.3 Å². The van der Waals surface area contributed by atoms with E-state index in [1.807, 2.05) is 13.2 Å². The Kier molecular flexibility index (Phi) is 3.59. The first-order valence-corrected chi connectivity index (χ1v) is 6.22. The number of nitrogens with zero attached hydrogens (tertiary/aromatic N) is 3. The Morgan fingerprint density at radius 3 is 2.94 bits per heavy atom. The molecule has 0 aliphatic heterocycles. The molecule has 0 amide bonds. The molecule has 1 aliphatic rings. The van der Waals surface area contributed by atoms with Crippen molar-refractivity contribution in [1.82, 2.24) is 15.0 Å². The summed E-state index contributed by atoms with van der Waals surface area (Å²) in [7, 11) is 1.88. The number of hydrogen-bond donors (Lipinski definition) is 1. The molecule has 3 atom stereocenters. The second kappa shape index (κ2) is 4.95. The van der Waals surface area contributed by atoms with Crippen molar-refractivity contribution in [1.29, 1.82) is 0 Å². The molecule has 1 N–H and O–H groups in total. The highest BCUT2D eigenvalue weighted by Gasteiger charge is 2.28. The Morgan fingerprint density at radius 2 is 2.31 bits per heavy atom. The number of aliphatic hydroxyl groups is 1. The normalized spacial score (nSPS) is 30.6. The van der Waals surface area contributed by atoms with Crippen molar-refractivity contribution in [2.75, 3.05) is 0 Å². The maximum absolute atomic E-state index is 10.00. The van der Waals surface area contributed by atoms with Crippen molar-refractivity contribution >= 4 is 0 Å². The lowest BCUT2D eigenvalue weighted by molar-refractivity contribution is 0.0470. The second-order valence-corrected chi connectivity index (χ2v) is 5.00. The van der Waals surface area contributed by atoms with E-state index in [9.17, 15) is 5.11 Å². The number of aromatic nitrogens is 3. The molecule has 3 unspecified atom stereocenters. The SMILES string of the molecule is CCC1CCC(O)C(Cc2cn(C)nn2)C1. The van der Waals surface area contributed by atoms with Crippen LogP contribution in [-0.2, 0) is 13.5 Å². The van der Waals surface area contributed by atoms with Gasteiger partial charge >= 0.3 is 0 Å². The van der Waals surface area contributed by atoms with E-state index in [4.69, 9.17) is 0 Å². The van der Waals surface area contributed by atoms with Crippen molar-refractivity contribution < 1.29 is 5.11 Å². The maximum atomic E-state index is 10.00. The molecule has 90 valence electrons. The van der Waals surface area contributed by atoms with Gasteiger partial charge in [0.1, 0.15) is 0 Å². The average Bonchev–Trinajstić information content (AvgIpc) is 2.67. The number of aliphatic hydroxyl groups excluding tert-OH is 1. The number of hydrogen-bond acceptors (Lipinski definition) is 3. The molecule has 1 aromatic rings. The zero-order valence-corrected chi connectivity index (χ0v) is 10.1. The van der Waals surface area contributed by atoms with Gasteiger partial charge in [0.2, 0.25) is 0 Å². The summed E-state index contributed by atoms with van der Waals surface area (Å²) >= 11 is 0. The topological polar surface area (TPSA) is 50.9 Å². The van der Waals surface area contributed by atoms with Crippen molar-refractivity contribution in [3.05, 3.63) is 11.9 Å². The molecule has 1 saturated carbocycles. The van der Waals surface area contributed by atoms with Gasteiger partial charge in [-0.3, -0.25) is 4.68 Å². The Bertz CT molecular complexity index is 337. The zero-order valence-electron chi connectivity index (χ0n) is 10.1. The molecule has 1 aromatic heterocycles. The first-order valence-electron chi connectivity index (χ1n) is 6.22. The minimum atomic E-state index is -0.148. The van der Waals surface area contributed by atoms with E-state index in [0.717, 1.165) is 30.9 Å². The van der Waals surface area contributed by atoms with Crippen LogP contribution in [0.5, 0.6) is 0 Å². The zero-order chi connectivity index (χ0) is 11.5. The fraction of sp³-hybridized carbons (Fsp3) is 0.833. The van der Waals surface area contributed by atoms with Gasteiger partial charge in [-0.15, -0.1) is 5.10 Å². The fourth-order valence-electron chi connectivity index (χ4n) is 2.69. The van der Waals surface area contributed by atoms with Crippen LogP contribution in [0.3, 0.4) is 0 Å². The third-order valence-electron chi connectivity index (χ3n) is 3.75. The van der Waals surface area contributed by atoms with Crippen LogP contribution in [0, 0.1) is 11.8 Å². The molecule has 16 heavy (non-hydrogen) atoms. The highest BCUT2D eigenvalue weighted by Crippen LogP contribution is 2.32. The lowest BCUT2D eigenvalue weighted by atomic mass is 9.76. The van der Waals surface area contributed by atoms with E-state index in [0.29, 0.717) is 5.92 Å². The van der Waals surface area contributed by atoms with Crippen LogP contribution >= 0.6 is 0 Å². The fourth-order valence-corrected chi connectivity index (χ4v) is 2.69. The van der Waals surface area contributed by atoms with Gasteiger partial charge in [-0.25, -0.2) is 0 Å². The molecule has 4 nitrogen and oxygen atoms in total. The minimum absolute atomic E-state index is 0.148. The van der Waals surface area contributed by atoms with E-state index in [2.05, 4.69) is 17.2 Å². The maximum Gasteiger partial charge on any atom is 0.0830 e. The molecule has 0 saturated heterocycles. The molecular formula is C12H21N3O. The molecule has 0 radical (unpaired) electrons. The van der Waals surface area contributed by atoms with Gasteiger partial charge in [-0.2, -0.15) is 0 Å². The molecule has 1 aliphatic carbocycles. The smallest absolute Gasteiger partial charge is 0.0830 e. The van der Waals surface area contributed by atoms with Crippen LogP contribution in [0.2, 0.25) is 0 Å². The molecule has 0 spiro atoms. The van der Waals surface area contributed by atoms with Crippen molar-refractivity contribution in [2.24, 2.45) is 18.9 Å². The van der Waals surface area contributed by atoms with Gasteiger partial charge in [0.05, 0.1) is 11.8 Å². The van der Waals surface area contributed by atoms with Crippen molar-refractivity contribution in [3.8, 4) is 0 Å². The molecule has 1 fully saturated rings. The first kappa shape index (κ1) is 11.6. The number of aryl methyl sites for hydroxylation is 1. The van der Waals surface area contributed by atoms with Crippen LogP contribution in [0.25, 0.3) is 0 Å². The highest BCUT2D eigenvalue weighted by molar-refractivity contribution is 4.96. The van der Waals surface area contributed by atoms with Gasteiger partial charge < -0.3 is 5.11 Å². The van der Waals surface area contributed by atoms with Crippen LogP contribution in [-0.4, -0.2) is 26.2 Å². The first-order chi connectivity index (χ1) is 7.69. The third kappa shape index (κ3) is 2.61. The van der Waals surface area contributed by atoms with Crippen LogP contribution < -0.4 is 0 Å². The summed E-state index contributed by atoms with van der Waals surface area (Å²) < 4.78 is 1.72. The molecule has 0 aromatic carbocycles. The molecule has 4 heteroatoms. The lowest BCUT2D eigenvalue weighted by Crippen LogP contribution is -2.30. The highest BCUT2D eigenvalue weighted by atomic mass is 16.3. The standard InChI is InChI=1S/C12H21N3O/c1-3-9-4-5-12(16)10(6-9)7-11-8-15(2)14-13-11/h8-10,12,16H,3-7H2,1-2H3. The summed E-state index contributed by atoms with van der Waals surface area (Å²) in [4.78, 5) is 0. The number of rotatable bonds is 3. The van der Waals surface area contributed by atoms with E-state index >= 15 is 0 Å². The minimum Gasteiger partial charge on any atom is -0.393 e. The third-order valence-corrected chi connectivity index (χ3v) is 3.75. The van der Waals surface area contributed by atoms with Crippen molar-refractivity contribution in [3.63, 3.8) is 0 Å². The molecule has 1 heterocycles. The Labute approximate surface area is 96.7 Å². The lowest BCUT2D eigenvalue weighted by Gasteiger charge is -2.32. The predicted octanol–water partition coefficient (Wildman–Crippen LogP) is 1.54. The predicted molar refractivity (Wildman–Crippen MR) is 61.8 cm³/mol. The van der Waals surface area contributed by atoms with E-state index in [1.165, 1.54) is 12.8 Å². The summed E-state index contributed by atoms with van der Waals surface area (Å²) in [5, 5.41) is 18.0.